The minimum atomic E-state index is 0.0249. The van der Waals surface area contributed by atoms with E-state index < -0.39 is 0 Å². The molecule has 6 heteroatoms. The monoisotopic (exact) mass is 271 g/mol. The van der Waals surface area contributed by atoms with Gasteiger partial charge >= 0.3 is 0 Å². The third kappa shape index (κ3) is 2.29. The highest BCUT2D eigenvalue weighted by Crippen LogP contribution is 2.31. The van der Waals surface area contributed by atoms with Crippen molar-refractivity contribution >= 4 is 5.91 Å². The van der Waals surface area contributed by atoms with E-state index in [-0.39, 0.29) is 11.9 Å². The molecule has 2 aromatic heterocycles. The summed E-state index contributed by atoms with van der Waals surface area (Å²) < 4.78 is 1.65. The minimum absolute atomic E-state index is 0.0249. The van der Waals surface area contributed by atoms with Gasteiger partial charge in [-0.05, 0) is 25.8 Å². The highest BCUT2D eigenvalue weighted by atomic mass is 16.2. The van der Waals surface area contributed by atoms with Crippen LogP contribution in [0.15, 0.2) is 24.7 Å². The lowest BCUT2D eigenvalue weighted by Crippen LogP contribution is -2.30. The van der Waals surface area contributed by atoms with Crippen LogP contribution in [0.4, 0.5) is 0 Å². The molecule has 2 aromatic rings. The van der Waals surface area contributed by atoms with Gasteiger partial charge in [0.15, 0.2) is 0 Å². The van der Waals surface area contributed by atoms with E-state index in [1.54, 1.807) is 23.3 Å². The van der Waals surface area contributed by atoms with Crippen LogP contribution in [-0.4, -0.2) is 37.1 Å². The second kappa shape index (κ2) is 5.03. The van der Waals surface area contributed by atoms with Crippen molar-refractivity contribution in [2.24, 2.45) is 7.05 Å². The van der Waals surface area contributed by atoms with Gasteiger partial charge in [0.2, 0.25) is 0 Å². The summed E-state index contributed by atoms with van der Waals surface area (Å²) in [6, 6.07) is 1.94. The van der Waals surface area contributed by atoms with Crippen LogP contribution in [-0.2, 0) is 7.05 Å². The van der Waals surface area contributed by atoms with Gasteiger partial charge in [-0.1, -0.05) is 0 Å². The summed E-state index contributed by atoms with van der Waals surface area (Å²) in [7, 11) is 1.81. The Morgan fingerprint density at radius 1 is 1.45 bits per heavy atom. The molecule has 0 saturated carbocycles. The molecule has 0 aromatic carbocycles. The van der Waals surface area contributed by atoms with Crippen molar-refractivity contribution in [1.82, 2.24) is 24.6 Å². The first-order chi connectivity index (χ1) is 9.65. The van der Waals surface area contributed by atoms with Crippen molar-refractivity contribution in [3.8, 4) is 0 Å². The third-order valence-corrected chi connectivity index (χ3v) is 3.60. The van der Waals surface area contributed by atoms with Gasteiger partial charge in [0.25, 0.3) is 5.91 Å². The van der Waals surface area contributed by atoms with E-state index in [0.29, 0.717) is 5.56 Å². The molecule has 1 unspecified atom stereocenters. The zero-order valence-corrected chi connectivity index (χ0v) is 11.7. The molecule has 1 saturated heterocycles. The average Bonchev–Trinajstić information content (AvgIpc) is 3.06. The first-order valence-electron chi connectivity index (χ1n) is 6.74. The summed E-state index contributed by atoms with van der Waals surface area (Å²) in [5, 5.41) is 4.06. The van der Waals surface area contributed by atoms with E-state index in [0.717, 1.165) is 30.9 Å². The van der Waals surface area contributed by atoms with Crippen LogP contribution in [0.1, 0.15) is 40.8 Å². The van der Waals surface area contributed by atoms with Gasteiger partial charge in [-0.2, -0.15) is 5.10 Å². The fourth-order valence-electron chi connectivity index (χ4n) is 2.67. The molecule has 0 spiro atoms. The number of carbonyl (C=O) groups excluding carboxylic acids is 1. The fraction of sp³-hybridized carbons (Fsp3) is 0.429. The maximum atomic E-state index is 12.6. The highest BCUT2D eigenvalue weighted by molar-refractivity contribution is 5.94. The molecular weight excluding hydrogens is 254 g/mol. The average molecular weight is 271 g/mol. The topological polar surface area (TPSA) is 63.9 Å². The lowest BCUT2D eigenvalue weighted by Gasteiger charge is -2.23. The second-order valence-electron chi connectivity index (χ2n) is 5.09. The van der Waals surface area contributed by atoms with Crippen molar-refractivity contribution < 1.29 is 4.79 Å². The van der Waals surface area contributed by atoms with Crippen LogP contribution >= 0.6 is 0 Å². The summed E-state index contributed by atoms with van der Waals surface area (Å²) in [5.74, 6) is 0.764. The molecule has 1 aliphatic heterocycles. The highest BCUT2D eigenvalue weighted by Gasteiger charge is 2.32. The van der Waals surface area contributed by atoms with Gasteiger partial charge in [0.05, 0.1) is 23.5 Å². The molecule has 3 heterocycles. The molecular formula is C14H17N5O. The number of rotatable bonds is 2. The Morgan fingerprint density at radius 3 is 3.00 bits per heavy atom. The summed E-state index contributed by atoms with van der Waals surface area (Å²) in [4.78, 5) is 23.0. The van der Waals surface area contributed by atoms with E-state index in [1.807, 2.05) is 24.9 Å². The molecule has 0 aliphatic carbocycles. The van der Waals surface area contributed by atoms with Gasteiger partial charge in [-0.3, -0.25) is 9.48 Å². The molecule has 20 heavy (non-hydrogen) atoms. The molecule has 104 valence electrons. The number of nitrogens with zero attached hydrogens (tertiary/aromatic N) is 5. The number of hydrogen-bond acceptors (Lipinski definition) is 4. The Hall–Kier alpha value is -2.24. The molecule has 1 amide bonds. The van der Waals surface area contributed by atoms with Gasteiger partial charge < -0.3 is 4.90 Å². The molecule has 0 N–H and O–H groups in total. The van der Waals surface area contributed by atoms with Crippen molar-refractivity contribution in [2.75, 3.05) is 6.54 Å². The van der Waals surface area contributed by atoms with Crippen LogP contribution in [0.2, 0.25) is 0 Å². The number of aryl methyl sites for hydroxylation is 2. The lowest BCUT2D eigenvalue weighted by atomic mass is 10.1. The zero-order valence-electron chi connectivity index (χ0n) is 11.7. The normalized spacial score (nSPS) is 18.5. The Balaban J connectivity index is 1.87. The molecule has 0 radical (unpaired) electrons. The molecule has 3 rings (SSSR count). The van der Waals surface area contributed by atoms with Crippen LogP contribution in [0.3, 0.4) is 0 Å². The summed E-state index contributed by atoms with van der Waals surface area (Å²) in [5.41, 5.74) is 1.55. The number of amides is 1. The van der Waals surface area contributed by atoms with Gasteiger partial charge in [0, 0.05) is 26.0 Å². The van der Waals surface area contributed by atoms with Crippen molar-refractivity contribution in [3.05, 3.63) is 41.7 Å². The quantitative estimate of drug-likeness (QED) is 0.830. The van der Waals surface area contributed by atoms with Crippen LogP contribution in [0.5, 0.6) is 0 Å². The number of carbonyl (C=O) groups is 1. The van der Waals surface area contributed by atoms with Crippen LogP contribution in [0.25, 0.3) is 0 Å². The van der Waals surface area contributed by atoms with Crippen molar-refractivity contribution in [3.63, 3.8) is 0 Å². The minimum Gasteiger partial charge on any atom is -0.330 e. The van der Waals surface area contributed by atoms with E-state index in [1.165, 1.54) is 0 Å². The third-order valence-electron chi connectivity index (χ3n) is 3.60. The van der Waals surface area contributed by atoms with E-state index in [2.05, 4.69) is 15.1 Å². The van der Waals surface area contributed by atoms with Gasteiger partial charge in [-0.15, -0.1) is 0 Å². The zero-order chi connectivity index (χ0) is 14.1. The summed E-state index contributed by atoms with van der Waals surface area (Å²) in [6.07, 6.45) is 7.07. The first kappa shape index (κ1) is 12.8. The van der Waals surface area contributed by atoms with E-state index >= 15 is 0 Å². The summed E-state index contributed by atoms with van der Waals surface area (Å²) in [6.45, 7) is 2.63. The van der Waals surface area contributed by atoms with Crippen molar-refractivity contribution in [1.29, 1.82) is 0 Å². The predicted molar refractivity (Wildman–Crippen MR) is 73.0 cm³/mol. The maximum Gasteiger partial charge on any atom is 0.257 e. The molecule has 0 bridgehead atoms. The second-order valence-corrected chi connectivity index (χ2v) is 5.09. The SMILES string of the molecule is Cc1nccc(C2CCCN2C(=O)c2cnn(C)c2)n1. The molecule has 1 atom stereocenters. The predicted octanol–water partition coefficient (Wildman–Crippen LogP) is 1.50. The largest absolute Gasteiger partial charge is 0.330 e. The van der Waals surface area contributed by atoms with Gasteiger partial charge in [0.1, 0.15) is 5.82 Å². The Morgan fingerprint density at radius 2 is 2.30 bits per heavy atom. The fourth-order valence-corrected chi connectivity index (χ4v) is 2.67. The first-order valence-corrected chi connectivity index (χ1v) is 6.74. The summed E-state index contributed by atoms with van der Waals surface area (Å²) >= 11 is 0. The van der Waals surface area contributed by atoms with Crippen LogP contribution < -0.4 is 0 Å². The van der Waals surface area contributed by atoms with Gasteiger partial charge in [-0.25, -0.2) is 9.97 Å². The van der Waals surface area contributed by atoms with Crippen molar-refractivity contribution in [2.45, 2.75) is 25.8 Å². The number of likely N-dealkylation sites (tertiary alicyclic amines) is 1. The molecule has 1 fully saturated rings. The smallest absolute Gasteiger partial charge is 0.257 e. The number of aromatic nitrogens is 4. The standard InChI is InChI=1S/C14H17N5O/c1-10-15-6-5-12(17-10)13-4-3-7-19(13)14(20)11-8-16-18(2)9-11/h5-6,8-9,13H,3-4,7H2,1-2H3. The Kier molecular flexibility index (Phi) is 3.22. The lowest BCUT2D eigenvalue weighted by molar-refractivity contribution is 0.0732. The molecule has 1 aliphatic rings. The maximum absolute atomic E-state index is 12.6. The van der Waals surface area contributed by atoms with E-state index in [4.69, 9.17) is 0 Å². The van der Waals surface area contributed by atoms with E-state index in [9.17, 15) is 4.79 Å². The Labute approximate surface area is 117 Å². The Bertz CT molecular complexity index is 636. The molecule has 6 nitrogen and oxygen atoms in total. The van der Waals surface area contributed by atoms with Crippen LogP contribution in [0, 0.1) is 6.92 Å². The number of hydrogen-bond donors (Lipinski definition) is 0.